The molecular weight excluding hydrogens is 290 g/mol. The number of alkyl halides is 1. The first-order valence-electron chi connectivity index (χ1n) is 7.06. The molecule has 1 fully saturated rings. The Morgan fingerprint density at radius 2 is 2.33 bits per heavy atom. The highest BCUT2D eigenvalue weighted by Gasteiger charge is 2.24. The predicted octanol–water partition coefficient (Wildman–Crippen LogP) is 2.62. The maximum absolute atomic E-state index is 12.1. The predicted molar refractivity (Wildman–Crippen MR) is 81.7 cm³/mol. The number of hydrogen-bond donors (Lipinski definition) is 1. The monoisotopic (exact) mass is 307 g/mol. The van der Waals surface area contributed by atoms with Crippen LogP contribution in [0.3, 0.4) is 0 Å². The third-order valence-electron chi connectivity index (χ3n) is 3.58. The Morgan fingerprint density at radius 3 is 2.95 bits per heavy atom. The van der Waals surface area contributed by atoms with Crippen molar-refractivity contribution < 1.29 is 9.53 Å². The normalized spacial score (nSPS) is 16.0. The fourth-order valence-electron chi connectivity index (χ4n) is 2.37. The van der Waals surface area contributed by atoms with Crippen molar-refractivity contribution in [3.8, 4) is 5.75 Å². The van der Waals surface area contributed by atoms with Crippen LogP contribution in [0.5, 0.6) is 5.75 Å². The minimum atomic E-state index is -0.267. The smallest absolute Gasteiger partial charge is 0.240 e. The fourth-order valence-corrected chi connectivity index (χ4v) is 2.54. The highest BCUT2D eigenvalue weighted by atomic mass is 35.5. The standard InChI is InChI=1S/C15H18ClN3O2/c1-9(16)15-18-12-7-11(21-2)5-6-13(12)19(15)8-14(20)17-10-3-4-10/h5-7,9-10H,3-4,8H2,1-2H3,(H,17,20). The van der Waals surface area contributed by atoms with Crippen molar-refractivity contribution >= 4 is 28.5 Å². The largest absolute Gasteiger partial charge is 0.497 e. The number of nitrogens with zero attached hydrogens (tertiary/aromatic N) is 2. The van der Waals surface area contributed by atoms with Crippen molar-refractivity contribution in [2.75, 3.05) is 7.11 Å². The lowest BCUT2D eigenvalue weighted by molar-refractivity contribution is -0.121. The van der Waals surface area contributed by atoms with Gasteiger partial charge in [0, 0.05) is 12.1 Å². The average molecular weight is 308 g/mol. The maximum Gasteiger partial charge on any atom is 0.240 e. The Kier molecular flexibility index (Phi) is 3.76. The second-order valence-corrected chi connectivity index (χ2v) is 6.02. The average Bonchev–Trinajstić information content (AvgIpc) is 3.19. The van der Waals surface area contributed by atoms with Crippen LogP contribution < -0.4 is 10.1 Å². The van der Waals surface area contributed by atoms with Crippen molar-refractivity contribution in [1.29, 1.82) is 0 Å². The highest BCUT2D eigenvalue weighted by molar-refractivity contribution is 6.20. The molecule has 0 saturated heterocycles. The number of methoxy groups -OCH3 is 1. The Bertz CT molecular complexity index is 677. The van der Waals surface area contributed by atoms with Crippen LogP contribution in [-0.4, -0.2) is 28.6 Å². The summed E-state index contributed by atoms with van der Waals surface area (Å²) in [5, 5.41) is 2.72. The topological polar surface area (TPSA) is 56.2 Å². The molecule has 1 aliphatic rings. The molecule has 1 aromatic heterocycles. The summed E-state index contributed by atoms with van der Waals surface area (Å²) in [7, 11) is 1.62. The van der Waals surface area contributed by atoms with E-state index in [-0.39, 0.29) is 17.8 Å². The Balaban J connectivity index is 1.96. The molecule has 6 heteroatoms. The minimum absolute atomic E-state index is 0.00573. The SMILES string of the molecule is COc1ccc2c(c1)nc(C(C)Cl)n2CC(=O)NC1CC1. The van der Waals surface area contributed by atoms with Gasteiger partial charge in [0.05, 0.1) is 23.5 Å². The van der Waals surface area contributed by atoms with Crippen LogP contribution in [0, 0.1) is 0 Å². The number of aromatic nitrogens is 2. The van der Waals surface area contributed by atoms with Crippen LogP contribution in [0.4, 0.5) is 0 Å². The van der Waals surface area contributed by atoms with E-state index in [1.54, 1.807) is 7.11 Å². The van der Waals surface area contributed by atoms with E-state index in [0.29, 0.717) is 11.9 Å². The molecule has 3 rings (SSSR count). The third-order valence-corrected chi connectivity index (χ3v) is 3.78. The van der Waals surface area contributed by atoms with Crippen molar-refractivity contribution in [1.82, 2.24) is 14.9 Å². The zero-order chi connectivity index (χ0) is 15.0. The number of imidazole rings is 1. The van der Waals surface area contributed by atoms with Crippen LogP contribution in [0.1, 0.15) is 31.0 Å². The number of carbonyl (C=O) groups excluding carboxylic acids is 1. The van der Waals surface area contributed by atoms with Gasteiger partial charge in [-0.25, -0.2) is 4.98 Å². The van der Waals surface area contributed by atoms with Crippen LogP contribution in [0.25, 0.3) is 11.0 Å². The Labute approximate surface area is 128 Å². The molecule has 2 aromatic rings. The molecule has 0 aliphatic heterocycles. The van der Waals surface area contributed by atoms with Crippen molar-refractivity contribution in [2.45, 2.75) is 37.7 Å². The zero-order valence-electron chi connectivity index (χ0n) is 12.1. The molecule has 0 spiro atoms. The molecule has 5 nitrogen and oxygen atoms in total. The summed E-state index contributed by atoms with van der Waals surface area (Å²) >= 11 is 6.21. The van der Waals surface area contributed by atoms with Crippen LogP contribution in [-0.2, 0) is 11.3 Å². The van der Waals surface area contributed by atoms with Crippen LogP contribution in [0.2, 0.25) is 0 Å². The highest BCUT2D eigenvalue weighted by Crippen LogP contribution is 2.27. The van der Waals surface area contributed by atoms with Gasteiger partial charge in [0.15, 0.2) is 0 Å². The van der Waals surface area contributed by atoms with E-state index in [9.17, 15) is 4.79 Å². The second-order valence-electron chi connectivity index (χ2n) is 5.37. The summed E-state index contributed by atoms with van der Waals surface area (Å²) in [6, 6.07) is 5.98. The molecule has 1 aliphatic carbocycles. The molecule has 1 N–H and O–H groups in total. The summed E-state index contributed by atoms with van der Waals surface area (Å²) in [6.07, 6.45) is 2.15. The van der Waals surface area contributed by atoms with Crippen LogP contribution >= 0.6 is 11.6 Å². The minimum Gasteiger partial charge on any atom is -0.497 e. The quantitative estimate of drug-likeness (QED) is 0.864. The molecule has 1 saturated carbocycles. The molecular formula is C15H18ClN3O2. The summed E-state index contributed by atoms with van der Waals surface area (Å²) < 4.78 is 7.09. The van der Waals surface area contributed by atoms with Gasteiger partial charge in [-0.2, -0.15) is 0 Å². The number of ether oxygens (including phenoxy) is 1. The first kappa shape index (κ1) is 14.2. The summed E-state index contributed by atoms with van der Waals surface area (Å²) in [5.41, 5.74) is 1.68. The van der Waals surface area contributed by atoms with Crippen molar-refractivity contribution in [3.63, 3.8) is 0 Å². The van der Waals surface area contributed by atoms with Crippen LogP contribution in [0.15, 0.2) is 18.2 Å². The molecule has 21 heavy (non-hydrogen) atoms. The number of benzene rings is 1. The van der Waals surface area contributed by atoms with Gasteiger partial charge in [0.2, 0.25) is 5.91 Å². The van der Waals surface area contributed by atoms with E-state index in [2.05, 4.69) is 10.3 Å². The van der Waals surface area contributed by atoms with Gasteiger partial charge >= 0.3 is 0 Å². The maximum atomic E-state index is 12.1. The first-order valence-corrected chi connectivity index (χ1v) is 7.49. The molecule has 1 aromatic carbocycles. The molecule has 112 valence electrons. The molecule has 0 radical (unpaired) electrons. The van der Waals surface area contributed by atoms with E-state index in [1.165, 1.54) is 0 Å². The van der Waals surface area contributed by atoms with E-state index in [4.69, 9.17) is 16.3 Å². The van der Waals surface area contributed by atoms with Gasteiger partial charge < -0.3 is 14.6 Å². The zero-order valence-corrected chi connectivity index (χ0v) is 12.9. The number of carbonyl (C=O) groups is 1. The van der Waals surface area contributed by atoms with E-state index in [0.717, 1.165) is 29.6 Å². The molecule has 1 heterocycles. The van der Waals surface area contributed by atoms with Crippen molar-refractivity contribution in [2.24, 2.45) is 0 Å². The lowest BCUT2D eigenvalue weighted by Gasteiger charge is -2.10. The number of halogens is 1. The van der Waals surface area contributed by atoms with Gasteiger partial charge in [0.25, 0.3) is 0 Å². The lowest BCUT2D eigenvalue weighted by Crippen LogP contribution is -2.29. The third kappa shape index (κ3) is 2.97. The number of fused-ring (bicyclic) bond motifs is 1. The number of nitrogens with one attached hydrogen (secondary N) is 1. The Hall–Kier alpha value is -1.75. The molecule has 1 amide bonds. The van der Waals surface area contributed by atoms with Gasteiger partial charge in [-0.3, -0.25) is 4.79 Å². The van der Waals surface area contributed by atoms with E-state index >= 15 is 0 Å². The first-order chi connectivity index (χ1) is 10.1. The van der Waals surface area contributed by atoms with Gasteiger partial charge in [0.1, 0.15) is 18.1 Å². The van der Waals surface area contributed by atoms with Gasteiger partial charge in [-0.05, 0) is 31.9 Å². The van der Waals surface area contributed by atoms with Crippen molar-refractivity contribution in [3.05, 3.63) is 24.0 Å². The second kappa shape index (κ2) is 5.56. The fraction of sp³-hybridized carbons (Fsp3) is 0.467. The molecule has 1 atom stereocenters. The number of rotatable bonds is 5. The van der Waals surface area contributed by atoms with E-state index in [1.807, 2.05) is 29.7 Å². The summed E-state index contributed by atoms with van der Waals surface area (Å²) in [4.78, 5) is 16.6. The van der Waals surface area contributed by atoms with E-state index < -0.39 is 0 Å². The molecule has 1 unspecified atom stereocenters. The van der Waals surface area contributed by atoms with Gasteiger partial charge in [-0.15, -0.1) is 11.6 Å². The summed E-state index contributed by atoms with van der Waals surface area (Å²) in [6.45, 7) is 2.10. The lowest BCUT2D eigenvalue weighted by atomic mass is 10.3. The number of amides is 1. The number of hydrogen-bond acceptors (Lipinski definition) is 3. The summed E-state index contributed by atoms with van der Waals surface area (Å²) in [5.74, 6) is 1.44. The Morgan fingerprint density at radius 1 is 1.57 bits per heavy atom. The van der Waals surface area contributed by atoms with Gasteiger partial charge in [-0.1, -0.05) is 0 Å². The molecule has 0 bridgehead atoms.